The molecule has 186 valence electrons. The molecular weight excluding hydrogens is 504 g/mol. The highest BCUT2D eigenvalue weighted by molar-refractivity contribution is 8.00. The average Bonchev–Trinajstić information content (AvgIpc) is 3.30. The number of benzene rings is 2. The lowest BCUT2D eigenvalue weighted by Crippen LogP contribution is -2.22. The van der Waals surface area contributed by atoms with Gasteiger partial charge in [-0.25, -0.2) is 9.97 Å². The lowest BCUT2D eigenvalue weighted by atomic mass is 9.96. The number of hydrogen-bond acceptors (Lipinski definition) is 9. The molecule has 1 amide bonds. The highest BCUT2D eigenvalue weighted by Crippen LogP contribution is 2.37. The average molecular weight is 529 g/mol. The number of carbonyl (C=O) groups is 1. The van der Waals surface area contributed by atoms with Crippen LogP contribution in [-0.4, -0.2) is 27.7 Å². The van der Waals surface area contributed by atoms with Crippen molar-refractivity contribution in [3.8, 4) is 29.0 Å². The Morgan fingerprint density at radius 3 is 2.51 bits per heavy atom. The Bertz CT molecular complexity index is 1550. The summed E-state index contributed by atoms with van der Waals surface area (Å²) in [5, 5.41) is 22.8. The molecule has 3 N–H and O–H groups in total. The molecule has 0 aliphatic carbocycles. The van der Waals surface area contributed by atoms with E-state index >= 15 is 0 Å². The number of hydrogen-bond donors (Lipinski definition) is 2. The molecule has 0 fully saturated rings. The van der Waals surface area contributed by atoms with Crippen LogP contribution in [0.25, 0.3) is 21.3 Å². The van der Waals surface area contributed by atoms with E-state index in [4.69, 9.17) is 10.5 Å². The van der Waals surface area contributed by atoms with Crippen LogP contribution in [0.5, 0.6) is 5.75 Å². The molecule has 0 bridgehead atoms. The van der Waals surface area contributed by atoms with Crippen LogP contribution in [0.1, 0.15) is 37.5 Å². The third kappa shape index (κ3) is 5.51. The standard InChI is InChI=1S/C27H24N6O2S2/c1-4-16-6-8-17(9-7-16)23-19(13-28)24(30)32-26(20(23)14-29)36-15(3)25(34)33-27-31-21-11-10-18(35-5-2)12-22(21)37-27/h6-12,15H,4-5H2,1-3H3,(H2,30,32)(H,31,33,34). The molecule has 10 heteroatoms. The summed E-state index contributed by atoms with van der Waals surface area (Å²) in [5.41, 5.74) is 9.49. The fourth-order valence-electron chi connectivity index (χ4n) is 3.72. The zero-order valence-electron chi connectivity index (χ0n) is 20.5. The second-order valence-electron chi connectivity index (χ2n) is 8.03. The number of nitrogens with two attached hydrogens (primary N) is 1. The van der Waals surface area contributed by atoms with Crippen LogP contribution in [0.4, 0.5) is 10.9 Å². The number of carbonyl (C=O) groups excluding carboxylic acids is 1. The van der Waals surface area contributed by atoms with Crippen molar-refractivity contribution in [3.63, 3.8) is 0 Å². The van der Waals surface area contributed by atoms with Crippen molar-refractivity contribution in [1.82, 2.24) is 9.97 Å². The first kappa shape index (κ1) is 26.0. The molecule has 0 aliphatic heterocycles. The Morgan fingerprint density at radius 1 is 1.14 bits per heavy atom. The highest BCUT2D eigenvalue weighted by Gasteiger charge is 2.24. The topological polar surface area (TPSA) is 138 Å². The number of nitrogen functional groups attached to an aromatic ring is 1. The first-order valence-corrected chi connectivity index (χ1v) is 13.3. The van der Waals surface area contributed by atoms with Gasteiger partial charge in [-0.1, -0.05) is 54.3 Å². The van der Waals surface area contributed by atoms with Crippen molar-refractivity contribution in [2.24, 2.45) is 0 Å². The number of nitrogens with zero attached hydrogens (tertiary/aromatic N) is 4. The molecule has 0 spiro atoms. The number of thiazole rings is 1. The minimum absolute atomic E-state index is 0.0162. The van der Waals surface area contributed by atoms with E-state index in [9.17, 15) is 15.3 Å². The van der Waals surface area contributed by atoms with Gasteiger partial charge in [0.05, 0.1) is 27.6 Å². The summed E-state index contributed by atoms with van der Waals surface area (Å²) >= 11 is 2.46. The number of rotatable bonds is 8. The zero-order valence-corrected chi connectivity index (χ0v) is 22.2. The number of pyridine rings is 1. The van der Waals surface area contributed by atoms with E-state index in [0.717, 1.165) is 39.7 Å². The quantitative estimate of drug-likeness (QED) is 0.275. The summed E-state index contributed by atoms with van der Waals surface area (Å²) in [7, 11) is 0. The number of aryl methyl sites for hydroxylation is 1. The van der Waals surface area contributed by atoms with Crippen molar-refractivity contribution in [1.29, 1.82) is 10.5 Å². The second-order valence-corrected chi connectivity index (χ2v) is 10.4. The van der Waals surface area contributed by atoms with Gasteiger partial charge >= 0.3 is 0 Å². The van der Waals surface area contributed by atoms with Gasteiger partial charge in [0.25, 0.3) is 0 Å². The third-order valence-electron chi connectivity index (χ3n) is 5.63. The fraction of sp³-hybridized carbons (Fsp3) is 0.222. The summed E-state index contributed by atoms with van der Waals surface area (Å²) in [6.45, 7) is 6.25. The predicted octanol–water partition coefficient (Wildman–Crippen LogP) is 5.76. The van der Waals surface area contributed by atoms with Crippen LogP contribution in [0, 0.1) is 22.7 Å². The first-order chi connectivity index (χ1) is 17.9. The Balaban J connectivity index is 1.61. The molecule has 37 heavy (non-hydrogen) atoms. The maximum atomic E-state index is 13.0. The molecule has 1 atom stereocenters. The van der Waals surface area contributed by atoms with Gasteiger partial charge in [0.2, 0.25) is 5.91 Å². The van der Waals surface area contributed by atoms with Crippen molar-refractivity contribution >= 4 is 50.2 Å². The number of ether oxygens (including phenoxy) is 1. The molecule has 4 aromatic rings. The lowest BCUT2D eigenvalue weighted by Gasteiger charge is -2.15. The van der Waals surface area contributed by atoms with E-state index in [1.807, 2.05) is 49.4 Å². The Kier molecular flexibility index (Phi) is 7.92. The van der Waals surface area contributed by atoms with Crippen LogP contribution < -0.4 is 15.8 Å². The molecule has 0 radical (unpaired) electrons. The molecular formula is C27H24N6O2S2. The third-order valence-corrected chi connectivity index (χ3v) is 7.65. The minimum atomic E-state index is -0.617. The molecule has 8 nitrogen and oxygen atoms in total. The van der Waals surface area contributed by atoms with Crippen LogP contribution in [0.2, 0.25) is 0 Å². The molecule has 4 rings (SSSR count). The number of thioether (sulfide) groups is 1. The van der Waals surface area contributed by atoms with E-state index in [2.05, 4.69) is 34.3 Å². The molecule has 0 aliphatic rings. The zero-order chi connectivity index (χ0) is 26.5. The van der Waals surface area contributed by atoms with Crippen molar-refractivity contribution < 1.29 is 9.53 Å². The Labute approximate surface area is 223 Å². The first-order valence-electron chi connectivity index (χ1n) is 11.6. The van der Waals surface area contributed by atoms with Crippen LogP contribution in [0.15, 0.2) is 47.5 Å². The Hall–Kier alpha value is -4.12. The molecule has 2 aromatic carbocycles. The maximum absolute atomic E-state index is 13.0. The largest absolute Gasteiger partial charge is 0.494 e. The van der Waals surface area contributed by atoms with Gasteiger partial charge in [0.1, 0.15) is 34.3 Å². The second kappa shape index (κ2) is 11.3. The van der Waals surface area contributed by atoms with Crippen LogP contribution in [0.3, 0.4) is 0 Å². The van der Waals surface area contributed by atoms with E-state index in [1.165, 1.54) is 11.3 Å². The summed E-state index contributed by atoms with van der Waals surface area (Å²) in [6.07, 6.45) is 0.866. The van der Waals surface area contributed by atoms with Crippen molar-refractivity contribution in [2.45, 2.75) is 37.5 Å². The normalized spacial score (nSPS) is 11.5. The fourth-order valence-corrected chi connectivity index (χ4v) is 5.54. The van der Waals surface area contributed by atoms with Gasteiger partial charge in [-0.3, -0.25) is 4.79 Å². The number of fused-ring (bicyclic) bond motifs is 1. The van der Waals surface area contributed by atoms with E-state index in [-0.39, 0.29) is 22.9 Å². The molecule has 0 saturated heterocycles. The van der Waals surface area contributed by atoms with Crippen LogP contribution in [-0.2, 0) is 11.2 Å². The predicted molar refractivity (Wildman–Crippen MR) is 148 cm³/mol. The van der Waals surface area contributed by atoms with Gasteiger partial charge < -0.3 is 15.8 Å². The number of nitrogens with one attached hydrogen (secondary N) is 1. The highest BCUT2D eigenvalue weighted by atomic mass is 32.2. The van der Waals surface area contributed by atoms with Crippen LogP contribution >= 0.6 is 23.1 Å². The lowest BCUT2D eigenvalue weighted by molar-refractivity contribution is -0.115. The van der Waals surface area contributed by atoms with Gasteiger partial charge in [-0.15, -0.1) is 0 Å². The smallest absolute Gasteiger partial charge is 0.239 e. The number of anilines is 2. The summed E-state index contributed by atoms with van der Waals surface area (Å²) < 4.78 is 6.43. The molecule has 2 heterocycles. The van der Waals surface area contributed by atoms with Crippen molar-refractivity contribution in [2.75, 3.05) is 17.7 Å². The number of nitriles is 2. The van der Waals surface area contributed by atoms with Gasteiger partial charge in [0.15, 0.2) is 5.13 Å². The summed E-state index contributed by atoms with van der Waals surface area (Å²) in [4.78, 5) is 21.8. The SMILES string of the molecule is CCOc1ccc2nc(NC(=O)C(C)Sc3nc(N)c(C#N)c(-c4ccc(CC)cc4)c3C#N)sc2c1. The molecule has 0 saturated carbocycles. The monoisotopic (exact) mass is 528 g/mol. The van der Waals surface area contributed by atoms with E-state index in [0.29, 0.717) is 27.9 Å². The number of amides is 1. The summed E-state index contributed by atoms with van der Waals surface area (Å²) in [5.74, 6) is 0.466. The van der Waals surface area contributed by atoms with Gasteiger partial charge in [-0.05, 0) is 49.6 Å². The summed E-state index contributed by atoms with van der Waals surface area (Å²) in [6, 6.07) is 17.5. The van der Waals surface area contributed by atoms with Gasteiger partial charge in [-0.2, -0.15) is 10.5 Å². The number of aromatic nitrogens is 2. The van der Waals surface area contributed by atoms with E-state index in [1.54, 1.807) is 6.92 Å². The molecule has 1 unspecified atom stereocenters. The minimum Gasteiger partial charge on any atom is -0.494 e. The van der Waals surface area contributed by atoms with Crippen molar-refractivity contribution in [3.05, 3.63) is 59.2 Å². The Morgan fingerprint density at radius 2 is 1.86 bits per heavy atom. The van der Waals surface area contributed by atoms with E-state index < -0.39 is 5.25 Å². The molecule has 2 aromatic heterocycles. The van der Waals surface area contributed by atoms with Gasteiger partial charge in [0, 0.05) is 5.56 Å². The maximum Gasteiger partial charge on any atom is 0.239 e.